The van der Waals surface area contributed by atoms with Crippen LogP contribution in [0.15, 0.2) is 18.2 Å². The molecule has 0 spiro atoms. The average Bonchev–Trinajstić information content (AvgIpc) is 2.31. The van der Waals surface area contributed by atoms with Crippen LogP contribution in [0.3, 0.4) is 0 Å². The summed E-state index contributed by atoms with van der Waals surface area (Å²) in [6.45, 7) is 3.61. The van der Waals surface area contributed by atoms with Crippen molar-refractivity contribution in [3.05, 3.63) is 23.8 Å². The average molecular weight is 292 g/mol. The van der Waals surface area contributed by atoms with Crippen LogP contribution in [0.25, 0.3) is 0 Å². The highest BCUT2D eigenvalue weighted by Crippen LogP contribution is 2.35. The molecule has 0 saturated carbocycles. The predicted molar refractivity (Wildman–Crippen MR) is 64.6 cm³/mol. The molecule has 0 unspecified atom stereocenters. The molecule has 0 aliphatic rings. The zero-order chi connectivity index (χ0) is 15.2. The van der Waals surface area contributed by atoms with E-state index in [1.54, 1.807) is 13.8 Å². The van der Waals surface area contributed by atoms with E-state index >= 15 is 0 Å². The third-order valence-corrected chi connectivity index (χ3v) is 2.21. The standard InChI is InChI=1S/C13H15F3O4/c1-3-18-11(17)8-9-6-5-7-10(12(9)19-4-2)20-13(14,15)16/h5-7H,3-4,8H2,1-2H3. The molecule has 1 aromatic carbocycles. The number of para-hydroxylation sites is 1. The minimum absolute atomic E-state index is 0.0969. The number of benzene rings is 1. The van der Waals surface area contributed by atoms with Crippen LogP contribution in [0.5, 0.6) is 11.5 Å². The Kier molecular flexibility index (Phi) is 5.66. The molecule has 0 amide bonds. The number of alkyl halides is 3. The topological polar surface area (TPSA) is 44.8 Å². The fourth-order valence-corrected chi connectivity index (χ4v) is 1.58. The first kappa shape index (κ1) is 16.1. The van der Waals surface area contributed by atoms with Gasteiger partial charge in [-0.2, -0.15) is 0 Å². The normalized spacial score (nSPS) is 11.1. The minimum atomic E-state index is -4.82. The summed E-state index contributed by atoms with van der Waals surface area (Å²) in [6, 6.07) is 3.98. The van der Waals surface area contributed by atoms with Gasteiger partial charge in [0, 0.05) is 5.56 Å². The maximum absolute atomic E-state index is 12.3. The fraction of sp³-hybridized carbons (Fsp3) is 0.462. The summed E-state index contributed by atoms with van der Waals surface area (Å²) < 4.78 is 50.7. The Balaban J connectivity index is 3.04. The Morgan fingerprint density at radius 3 is 2.45 bits per heavy atom. The van der Waals surface area contributed by atoms with E-state index in [2.05, 4.69) is 4.74 Å². The zero-order valence-electron chi connectivity index (χ0n) is 11.1. The van der Waals surface area contributed by atoms with Gasteiger partial charge in [0.05, 0.1) is 19.6 Å². The molecule has 1 rings (SSSR count). The molecule has 0 bridgehead atoms. The van der Waals surface area contributed by atoms with Gasteiger partial charge in [0.2, 0.25) is 0 Å². The van der Waals surface area contributed by atoms with E-state index in [1.165, 1.54) is 12.1 Å². The maximum Gasteiger partial charge on any atom is 0.573 e. The van der Waals surface area contributed by atoms with Gasteiger partial charge < -0.3 is 14.2 Å². The molecule has 4 nitrogen and oxygen atoms in total. The number of hydrogen-bond acceptors (Lipinski definition) is 4. The summed E-state index contributed by atoms with van der Waals surface area (Å²) >= 11 is 0. The van der Waals surface area contributed by atoms with Crippen LogP contribution < -0.4 is 9.47 Å². The van der Waals surface area contributed by atoms with E-state index in [9.17, 15) is 18.0 Å². The number of rotatable bonds is 6. The van der Waals surface area contributed by atoms with Gasteiger partial charge in [-0.1, -0.05) is 12.1 Å². The van der Waals surface area contributed by atoms with Gasteiger partial charge in [0.25, 0.3) is 0 Å². The van der Waals surface area contributed by atoms with Crippen LogP contribution in [0, 0.1) is 0 Å². The van der Waals surface area contributed by atoms with Crippen molar-refractivity contribution >= 4 is 5.97 Å². The highest BCUT2D eigenvalue weighted by atomic mass is 19.4. The molecule has 0 saturated heterocycles. The van der Waals surface area contributed by atoms with E-state index in [0.717, 1.165) is 6.07 Å². The molecule has 0 fully saturated rings. The van der Waals surface area contributed by atoms with Crippen LogP contribution in [0.1, 0.15) is 19.4 Å². The first-order valence-corrected chi connectivity index (χ1v) is 6.03. The van der Waals surface area contributed by atoms with Gasteiger partial charge in [-0.15, -0.1) is 13.2 Å². The Morgan fingerprint density at radius 2 is 1.90 bits per heavy atom. The lowest BCUT2D eigenvalue weighted by atomic mass is 10.1. The van der Waals surface area contributed by atoms with Gasteiger partial charge >= 0.3 is 12.3 Å². The van der Waals surface area contributed by atoms with Crippen molar-refractivity contribution in [1.29, 1.82) is 0 Å². The van der Waals surface area contributed by atoms with Crippen LogP contribution >= 0.6 is 0 Å². The van der Waals surface area contributed by atoms with Crippen LogP contribution in [0.2, 0.25) is 0 Å². The van der Waals surface area contributed by atoms with E-state index in [0.29, 0.717) is 0 Å². The molecule has 20 heavy (non-hydrogen) atoms. The van der Waals surface area contributed by atoms with Crippen LogP contribution in [0.4, 0.5) is 13.2 Å². The second kappa shape index (κ2) is 7.02. The van der Waals surface area contributed by atoms with Crippen molar-refractivity contribution in [1.82, 2.24) is 0 Å². The molecule has 1 aromatic rings. The van der Waals surface area contributed by atoms with Crippen molar-refractivity contribution in [3.8, 4) is 11.5 Å². The Bertz CT molecular complexity index is 457. The largest absolute Gasteiger partial charge is 0.573 e. The molecule has 0 heterocycles. The summed E-state index contributed by atoms with van der Waals surface area (Å²) in [7, 11) is 0. The van der Waals surface area contributed by atoms with Gasteiger partial charge in [-0.25, -0.2) is 0 Å². The summed E-state index contributed by atoms with van der Waals surface area (Å²) in [5.41, 5.74) is 0.284. The Morgan fingerprint density at radius 1 is 1.20 bits per heavy atom. The lowest BCUT2D eigenvalue weighted by molar-refractivity contribution is -0.275. The van der Waals surface area contributed by atoms with E-state index in [1.807, 2.05) is 0 Å². The van der Waals surface area contributed by atoms with E-state index < -0.39 is 18.1 Å². The summed E-state index contributed by atoms with van der Waals surface area (Å²) in [5.74, 6) is -1.11. The number of esters is 1. The van der Waals surface area contributed by atoms with Crippen LogP contribution in [-0.4, -0.2) is 25.5 Å². The van der Waals surface area contributed by atoms with Crippen molar-refractivity contribution in [2.75, 3.05) is 13.2 Å². The van der Waals surface area contributed by atoms with Crippen molar-refractivity contribution in [3.63, 3.8) is 0 Å². The summed E-state index contributed by atoms with van der Waals surface area (Å²) in [5, 5.41) is 0. The maximum atomic E-state index is 12.3. The third-order valence-electron chi connectivity index (χ3n) is 2.21. The van der Waals surface area contributed by atoms with Gasteiger partial charge in [-0.05, 0) is 19.9 Å². The molecule has 0 N–H and O–H groups in total. The molecule has 0 radical (unpaired) electrons. The molecular weight excluding hydrogens is 277 g/mol. The zero-order valence-corrected chi connectivity index (χ0v) is 11.1. The molecule has 0 aliphatic heterocycles. The van der Waals surface area contributed by atoms with Crippen molar-refractivity contribution in [2.24, 2.45) is 0 Å². The number of carbonyl (C=O) groups excluding carboxylic acids is 1. The first-order chi connectivity index (χ1) is 9.37. The lowest BCUT2D eigenvalue weighted by Crippen LogP contribution is -2.18. The molecule has 0 aliphatic carbocycles. The second-order valence-corrected chi connectivity index (χ2v) is 3.71. The number of hydrogen-bond donors (Lipinski definition) is 0. The highest BCUT2D eigenvalue weighted by molar-refractivity contribution is 5.74. The molecule has 0 aromatic heterocycles. The second-order valence-electron chi connectivity index (χ2n) is 3.71. The number of ether oxygens (including phenoxy) is 3. The minimum Gasteiger partial charge on any atom is -0.490 e. The molecule has 0 atom stereocenters. The number of halogens is 3. The first-order valence-electron chi connectivity index (χ1n) is 6.03. The highest BCUT2D eigenvalue weighted by Gasteiger charge is 2.33. The van der Waals surface area contributed by atoms with E-state index in [4.69, 9.17) is 9.47 Å². The molecule has 7 heteroatoms. The Labute approximate surface area is 114 Å². The monoisotopic (exact) mass is 292 g/mol. The van der Waals surface area contributed by atoms with Crippen molar-refractivity contribution in [2.45, 2.75) is 26.6 Å². The molecule has 112 valence electrons. The Hall–Kier alpha value is -1.92. The lowest BCUT2D eigenvalue weighted by Gasteiger charge is -2.16. The quantitative estimate of drug-likeness (QED) is 0.756. The van der Waals surface area contributed by atoms with Crippen molar-refractivity contribution < 1.29 is 32.2 Å². The fourth-order valence-electron chi connectivity index (χ4n) is 1.58. The summed E-state index contributed by atoms with van der Waals surface area (Å²) in [4.78, 5) is 11.4. The summed E-state index contributed by atoms with van der Waals surface area (Å²) in [6.07, 6.45) is -5.01. The van der Waals surface area contributed by atoms with Crippen LogP contribution in [-0.2, 0) is 16.0 Å². The van der Waals surface area contributed by atoms with Gasteiger partial charge in [0.1, 0.15) is 0 Å². The number of carbonyl (C=O) groups is 1. The van der Waals surface area contributed by atoms with Gasteiger partial charge in [0.15, 0.2) is 11.5 Å². The van der Waals surface area contributed by atoms with E-state index in [-0.39, 0.29) is 30.9 Å². The molecular formula is C13H15F3O4. The van der Waals surface area contributed by atoms with Gasteiger partial charge in [-0.3, -0.25) is 4.79 Å². The smallest absolute Gasteiger partial charge is 0.490 e. The predicted octanol–water partition coefficient (Wildman–Crippen LogP) is 3.09. The SMILES string of the molecule is CCOC(=O)Cc1cccc(OC(F)(F)F)c1OCC. The third kappa shape index (κ3) is 4.99.